The molecule has 0 saturated carbocycles. The number of anilines is 1. The molecule has 0 radical (unpaired) electrons. The smallest absolute Gasteiger partial charge is 0.212 e. The molecule has 0 unspecified atom stereocenters. The van der Waals surface area contributed by atoms with Crippen molar-refractivity contribution in [3.63, 3.8) is 0 Å². The van der Waals surface area contributed by atoms with Gasteiger partial charge in [-0.25, -0.2) is 13.1 Å². The van der Waals surface area contributed by atoms with Crippen LogP contribution >= 0.6 is 11.8 Å². The zero-order chi connectivity index (χ0) is 15.6. The molecule has 0 atom stereocenters. The molecule has 0 aromatic heterocycles. The molecule has 0 saturated heterocycles. The summed E-state index contributed by atoms with van der Waals surface area (Å²) >= 11 is 1.50. The van der Waals surface area contributed by atoms with E-state index in [4.69, 9.17) is 10.8 Å². The van der Waals surface area contributed by atoms with Crippen LogP contribution in [0, 0.1) is 0 Å². The fourth-order valence-corrected chi connectivity index (χ4v) is 4.10. The van der Waals surface area contributed by atoms with Gasteiger partial charge in [-0.05, 0) is 37.1 Å². The van der Waals surface area contributed by atoms with Gasteiger partial charge in [0, 0.05) is 29.5 Å². The van der Waals surface area contributed by atoms with E-state index in [0.29, 0.717) is 18.0 Å². The maximum Gasteiger partial charge on any atom is 0.212 e. The molecule has 4 N–H and O–H groups in total. The van der Waals surface area contributed by atoms with E-state index in [1.54, 1.807) is 0 Å². The Labute approximate surface area is 131 Å². The molecule has 0 fully saturated rings. The molecule has 1 aromatic rings. The highest BCUT2D eigenvalue weighted by molar-refractivity contribution is 8.00. The third kappa shape index (κ3) is 8.98. The van der Waals surface area contributed by atoms with Gasteiger partial charge in [0.25, 0.3) is 0 Å². The van der Waals surface area contributed by atoms with Crippen LogP contribution in [-0.4, -0.2) is 38.2 Å². The van der Waals surface area contributed by atoms with Crippen LogP contribution in [0.4, 0.5) is 5.69 Å². The molecule has 5 nitrogen and oxygen atoms in total. The molecule has 0 aliphatic heterocycles. The number of benzene rings is 1. The van der Waals surface area contributed by atoms with Gasteiger partial charge in [0.05, 0.1) is 5.75 Å². The Bertz CT molecular complexity index is 489. The Kier molecular flexibility index (Phi) is 8.75. The summed E-state index contributed by atoms with van der Waals surface area (Å²) in [5.41, 5.74) is 6.30. The van der Waals surface area contributed by atoms with Gasteiger partial charge in [-0.1, -0.05) is 12.8 Å². The zero-order valence-electron chi connectivity index (χ0n) is 12.1. The second-order valence-electron chi connectivity index (χ2n) is 4.77. The molecule has 7 heteroatoms. The Balaban J connectivity index is 2.16. The summed E-state index contributed by atoms with van der Waals surface area (Å²) in [5, 5.41) is 8.64. The summed E-state index contributed by atoms with van der Waals surface area (Å²) in [6.07, 6.45) is 3.46. The maximum atomic E-state index is 11.8. The lowest BCUT2D eigenvalue weighted by atomic mass is 10.2. The second-order valence-corrected chi connectivity index (χ2v) is 7.86. The molecule has 1 rings (SSSR count). The number of aliphatic hydroxyl groups excluding tert-OH is 1. The maximum absolute atomic E-state index is 11.8. The SMILES string of the molecule is Nc1ccc(SCCS(=O)(=O)NCCCCCCO)cc1. The Morgan fingerprint density at radius 3 is 2.43 bits per heavy atom. The second kappa shape index (κ2) is 10.0. The summed E-state index contributed by atoms with van der Waals surface area (Å²) in [4.78, 5) is 1.02. The molecule has 0 bridgehead atoms. The molecule has 0 amide bonds. The number of thioether (sulfide) groups is 1. The van der Waals surface area contributed by atoms with Crippen LogP contribution in [0.25, 0.3) is 0 Å². The quantitative estimate of drug-likeness (QED) is 0.327. The number of rotatable bonds is 11. The van der Waals surface area contributed by atoms with Crippen LogP contribution in [0.5, 0.6) is 0 Å². The van der Waals surface area contributed by atoms with Gasteiger partial charge in [0.2, 0.25) is 10.0 Å². The van der Waals surface area contributed by atoms with Crippen molar-refractivity contribution >= 4 is 27.5 Å². The molecule has 120 valence electrons. The number of sulfonamides is 1. The molecule has 0 spiro atoms. The third-order valence-corrected chi connectivity index (χ3v) is 5.57. The molecule has 21 heavy (non-hydrogen) atoms. The highest BCUT2D eigenvalue weighted by atomic mass is 32.2. The molecular formula is C14H24N2O3S2. The number of hydrogen-bond donors (Lipinski definition) is 3. The van der Waals surface area contributed by atoms with Crippen molar-refractivity contribution in [1.29, 1.82) is 0 Å². The first kappa shape index (κ1) is 18.3. The van der Waals surface area contributed by atoms with E-state index in [1.807, 2.05) is 24.3 Å². The van der Waals surface area contributed by atoms with E-state index in [1.165, 1.54) is 11.8 Å². The molecule has 1 aromatic carbocycles. The lowest BCUT2D eigenvalue weighted by Crippen LogP contribution is -2.28. The van der Waals surface area contributed by atoms with Crippen LogP contribution in [0.2, 0.25) is 0 Å². The van der Waals surface area contributed by atoms with Crippen molar-refractivity contribution in [1.82, 2.24) is 4.72 Å². The third-order valence-electron chi connectivity index (χ3n) is 2.91. The van der Waals surface area contributed by atoms with Gasteiger partial charge in [0.1, 0.15) is 0 Å². The number of nitrogens with two attached hydrogens (primary N) is 1. The van der Waals surface area contributed by atoms with Crippen molar-refractivity contribution in [2.45, 2.75) is 30.6 Å². The van der Waals surface area contributed by atoms with E-state index < -0.39 is 10.0 Å². The fraction of sp³-hybridized carbons (Fsp3) is 0.571. The zero-order valence-corrected chi connectivity index (χ0v) is 13.8. The topological polar surface area (TPSA) is 92.4 Å². The van der Waals surface area contributed by atoms with E-state index in [-0.39, 0.29) is 12.4 Å². The standard InChI is InChI=1S/C14H24N2O3S2/c15-13-5-7-14(8-6-13)20-11-12-21(18,19)16-9-3-1-2-4-10-17/h5-8,16-17H,1-4,9-12,15H2. The summed E-state index contributed by atoms with van der Waals surface area (Å²) in [7, 11) is -3.20. The van der Waals surface area contributed by atoms with Crippen LogP contribution in [0.15, 0.2) is 29.2 Å². The summed E-state index contributed by atoms with van der Waals surface area (Å²) in [5.74, 6) is 0.627. The van der Waals surface area contributed by atoms with E-state index >= 15 is 0 Å². The average Bonchev–Trinajstić information content (AvgIpc) is 2.45. The van der Waals surface area contributed by atoms with Crippen LogP contribution in [0.3, 0.4) is 0 Å². The van der Waals surface area contributed by atoms with Crippen molar-refractivity contribution in [3.8, 4) is 0 Å². The van der Waals surface area contributed by atoms with Crippen LogP contribution < -0.4 is 10.5 Å². The fourth-order valence-electron chi connectivity index (χ4n) is 1.72. The Morgan fingerprint density at radius 2 is 1.76 bits per heavy atom. The van der Waals surface area contributed by atoms with Gasteiger partial charge in [-0.15, -0.1) is 11.8 Å². The molecule has 0 aliphatic carbocycles. The molecule has 0 aliphatic rings. The summed E-state index contributed by atoms with van der Waals surface area (Å²) in [6, 6.07) is 7.39. The van der Waals surface area contributed by atoms with Crippen LogP contribution in [0.1, 0.15) is 25.7 Å². The van der Waals surface area contributed by atoms with Gasteiger partial charge < -0.3 is 10.8 Å². The lowest BCUT2D eigenvalue weighted by molar-refractivity contribution is 0.282. The first-order valence-corrected chi connectivity index (χ1v) is 9.74. The lowest BCUT2D eigenvalue weighted by Gasteiger charge is -2.07. The first-order chi connectivity index (χ1) is 10.0. The monoisotopic (exact) mass is 332 g/mol. The predicted molar refractivity (Wildman–Crippen MR) is 88.9 cm³/mol. The van der Waals surface area contributed by atoms with Crippen molar-refractivity contribution in [2.75, 3.05) is 30.4 Å². The molecule has 0 heterocycles. The van der Waals surface area contributed by atoms with E-state index in [9.17, 15) is 8.42 Å². The average molecular weight is 332 g/mol. The van der Waals surface area contributed by atoms with Crippen molar-refractivity contribution < 1.29 is 13.5 Å². The normalized spacial score (nSPS) is 11.7. The number of nitrogens with one attached hydrogen (secondary N) is 1. The largest absolute Gasteiger partial charge is 0.399 e. The minimum Gasteiger partial charge on any atom is -0.399 e. The van der Waals surface area contributed by atoms with Gasteiger partial charge in [0.15, 0.2) is 0 Å². The number of nitrogen functional groups attached to an aromatic ring is 1. The van der Waals surface area contributed by atoms with Crippen molar-refractivity contribution in [2.24, 2.45) is 0 Å². The minimum atomic E-state index is -3.20. The van der Waals surface area contributed by atoms with Gasteiger partial charge >= 0.3 is 0 Å². The highest BCUT2D eigenvalue weighted by Gasteiger charge is 2.09. The Hall–Kier alpha value is -0.760. The summed E-state index contributed by atoms with van der Waals surface area (Å²) < 4.78 is 26.2. The van der Waals surface area contributed by atoms with Crippen LogP contribution in [-0.2, 0) is 10.0 Å². The van der Waals surface area contributed by atoms with Crippen molar-refractivity contribution in [3.05, 3.63) is 24.3 Å². The molecular weight excluding hydrogens is 308 g/mol. The van der Waals surface area contributed by atoms with Gasteiger partial charge in [-0.2, -0.15) is 0 Å². The predicted octanol–water partition coefficient (Wildman–Crippen LogP) is 1.83. The minimum absolute atomic E-state index is 0.110. The van der Waals surface area contributed by atoms with E-state index in [0.717, 1.165) is 30.6 Å². The van der Waals surface area contributed by atoms with E-state index in [2.05, 4.69) is 4.72 Å². The highest BCUT2D eigenvalue weighted by Crippen LogP contribution is 2.19. The number of hydrogen-bond acceptors (Lipinski definition) is 5. The van der Waals surface area contributed by atoms with Gasteiger partial charge in [-0.3, -0.25) is 0 Å². The number of aliphatic hydroxyl groups is 1. The number of unbranched alkanes of at least 4 members (excludes halogenated alkanes) is 3. The summed E-state index contributed by atoms with van der Waals surface area (Å²) in [6.45, 7) is 0.675. The first-order valence-electron chi connectivity index (χ1n) is 7.10. The Morgan fingerprint density at radius 1 is 1.10 bits per heavy atom.